The van der Waals surface area contributed by atoms with E-state index >= 15 is 0 Å². The van der Waals surface area contributed by atoms with Crippen LogP contribution in [0.25, 0.3) is 0 Å². The van der Waals surface area contributed by atoms with Crippen molar-refractivity contribution < 1.29 is 0 Å². The van der Waals surface area contributed by atoms with Crippen molar-refractivity contribution >= 4 is 0 Å². The Morgan fingerprint density at radius 2 is 2.11 bits per heavy atom. The van der Waals surface area contributed by atoms with Gasteiger partial charge in [0.25, 0.3) is 0 Å². The average Bonchev–Trinajstić information content (AvgIpc) is 1.94. The van der Waals surface area contributed by atoms with Gasteiger partial charge in [0.05, 0.1) is 6.07 Å². The van der Waals surface area contributed by atoms with E-state index in [0.717, 1.165) is 12.8 Å². The minimum Gasteiger partial charge on any atom is -0.198 e. The van der Waals surface area contributed by atoms with Crippen LogP contribution >= 0.6 is 0 Å². The van der Waals surface area contributed by atoms with Gasteiger partial charge in [-0.1, -0.05) is 6.08 Å². The van der Waals surface area contributed by atoms with Gasteiger partial charge in [-0.15, -0.1) is 19.4 Å². The second-order valence-corrected chi connectivity index (χ2v) is 1.34. The molecule has 0 heterocycles. The zero-order valence-electron chi connectivity index (χ0n) is 5.51. The first kappa shape index (κ1) is 10.7. The summed E-state index contributed by atoms with van der Waals surface area (Å²) in [5.41, 5.74) is 0. The third-order valence-corrected chi connectivity index (χ3v) is 0.697. The highest BCUT2D eigenvalue weighted by atomic mass is 14.2. The highest BCUT2D eigenvalue weighted by molar-refractivity contribution is 4.73. The summed E-state index contributed by atoms with van der Waals surface area (Å²) in [6.45, 7) is 3.52. The summed E-state index contributed by atoms with van der Waals surface area (Å²) < 4.78 is 0. The van der Waals surface area contributed by atoms with Gasteiger partial charge in [0.1, 0.15) is 0 Å². The number of rotatable bonds is 3. The molecule has 0 aromatic heterocycles. The summed E-state index contributed by atoms with van der Waals surface area (Å²) in [5.74, 6) is 0. The van der Waals surface area contributed by atoms with Crippen LogP contribution in [0.2, 0.25) is 0 Å². The number of hydrogen-bond donors (Lipinski definition) is 0. The van der Waals surface area contributed by atoms with Crippen LogP contribution in [0.5, 0.6) is 0 Å². The molecule has 1 nitrogen and oxygen atoms in total. The molecule has 0 aliphatic rings. The van der Waals surface area contributed by atoms with Crippen molar-refractivity contribution in [1.29, 1.82) is 5.26 Å². The van der Waals surface area contributed by atoms with E-state index in [1.807, 2.05) is 6.08 Å². The van der Waals surface area contributed by atoms with E-state index in [9.17, 15) is 0 Å². The Morgan fingerprint density at radius 3 is 2.44 bits per heavy atom. The monoisotopic (exact) mass is 121 g/mol. The maximum absolute atomic E-state index is 8.01. The molecule has 48 valence electrons. The second kappa shape index (κ2) is 15.8. The molecule has 0 bridgehead atoms. The molecule has 0 saturated carbocycles. The fourth-order valence-corrected chi connectivity index (χ4v) is 0.325. The summed E-state index contributed by atoms with van der Waals surface area (Å²) in [7, 11) is 0. The summed E-state index contributed by atoms with van der Waals surface area (Å²) >= 11 is 0. The average molecular weight is 121 g/mol. The lowest BCUT2D eigenvalue weighted by Crippen LogP contribution is -1.65. The van der Waals surface area contributed by atoms with E-state index in [1.54, 1.807) is 0 Å². The van der Waals surface area contributed by atoms with Crippen LogP contribution in [-0.2, 0) is 0 Å². The molecule has 0 unspecified atom stereocenters. The molecule has 0 saturated heterocycles. The van der Waals surface area contributed by atoms with E-state index in [-0.39, 0.29) is 0 Å². The largest absolute Gasteiger partial charge is 0.198 e. The molecule has 0 aromatic rings. The van der Waals surface area contributed by atoms with E-state index in [2.05, 4.69) is 25.5 Å². The summed E-state index contributed by atoms with van der Waals surface area (Å²) in [6.07, 6.45) is 12.4. The molecule has 0 radical (unpaired) electrons. The van der Waals surface area contributed by atoms with Gasteiger partial charge in [0.15, 0.2) is 0 Å². The van der Waals surface area contributed by atoms with Gasteiger partial charge in [-0.05, 0) is 12.8 Å². The predicted octanol–water partition coefficient (Wildman–Crippen LogP) is 2.12. The molecule has 0 aliphatic carbocycles. The summed E-state index contributed by atoms with van der Waals surface area (Å²) in [5, 5.41) is 8.01. The third kappa shape index (κ3) is 20.0. The molecule has 0 amide bonds. The SMILES string of the molecule is C#C.C=CCCCC#N. The maximum atomic E-state index is 8.01. The van der Waals surface area contributed by atoms with Crippen LogP contribution in [-0.4, -0.2) is 0 Å². The Hall–Kier alpha value is -1.21. The number of allylic oxidation sites excluding steroid dienone is 1. The van der Waals surface area contributed by atoms with E-state index in [4.69, 9.17) is 5.26 Å². The quantitative estimate of drug-likeness (QED) is 0.319. The number of nitrogens with zero attached hydrogens (tertiary/aromatic N) is 1. The van der Waals surface area contributed by atoms with Crippen molar-refractivity contribution in [3.05, 3.63) is 12.7 Å². The lowest BCUT2D eigenvalue weighted by Gasteiger charge is -1.80. The van der Waals surface area contributed by atoms with E-state index in [0.29, 0.717) is 6.42 Å². The molecule has 0 aliphatic heterocycles. The van der Waals surface area contributed by atoms with Crippen molar-refractivity contribution in [1.82, 2.24) is 0 Å². The van der Waals surface area contributed by atoms with Crippen LogP contribution in [0.15, 0.2) is 12.7 Å². The minimum absolute atomic E-state index is 0.659. The summed E-state index contributed by atoms with van der Waals surface area (Å²) in [6, 6.07) is 2.05. The van der Waals surface area contributed by atoms with Gasteiger partial charge in [0.2, 0.25) is 0 Å². The Morgan fingerprint density at radius 1 is 1.56 bits per heavy atom. The minimum atomic E-state index is 0.659. The molecule has 0 fully saturated rings. The van der Waals surface area contributed by atoms with Gasteiger partial charge in [-0.2, -0.15) is 5.26 Å². The molecule has 0 spiro atoms. The third-order valence-electron chi connectivity index (χ3n) is 0.697. The lowest BCUT2D eigenvalue weighted by molar-refractivity contribution is 0.878. The van der Waals surface area contributed by atoms with Crippen molar-refractivity contribution in [2.45, 2.75) is 19.3 Å². The number of nitriles is 1. The fraction of sp³-hybridized carbons (Fsp3) is 0.375. The Labute approximate surface area is 57.0 Å². The molecule has 1 heteroatoms. The van der Waals surface area contributed by atoms with Crippen LogP contribution in [0.1, 0.15) is 19.3 Å². The molecule has 0 N–H and O–H groups in total. The Kier molecular flexibility index (Phi) is 18.9. The topological polar surface area (TPSA) is 23.8 Å². The molecular weight excluding hydrogens is 110 g/mol. The molecule has 0 atom stereocenters. The van der Waals surface area contributed by atoms with Crippen LogP contribution in [0.4, 0.5) is 0 Å². The van der Waals surface area contributed by atoms with Crippen molar-refractivity contribution in [2.24, 2.45) is 0 Å². The van der Waals surface area contributed by atoms with Crippen molar-refractivity contribution in [3.8, 4) is 18.9 Å². The lowest BCUT2D eigenvalue weighted by atomic mass is 10.2. The van der Waals surface area contributed by atoms with Gasteiger partial charge < -0.3 is 0 Å². The first-order chi connectivity index (χ1) is 4.41. The normalized spacial score (nSPS) is 5.89. The Bertz CT molecular complexity index is 105. The van der Waals surface area contributed by atoms with Crippen LogP contribution < -0.4 is 0 Å². The van der Waals surface area contributed by atoms with Gasteiger partial charge >= 0.3 is 0 Å². The van der Waals surface area contributed by atoms with Crippen LogP contribution in [0.3, 0.4) is 0 Å². The zero-order chi connectivity index (χ0) is 7.54. The van der Waals surface area contributed by atoms with Crippen molar-refractivity contribution in [3.63, 3.8) is 0 Å². The number of terminal acetylenes is 1. The predicted molar refractivity (Wildman–Crippen MR) is 39.6 cm³/mol. The molecule has 0 rings (SSSR count). The molecule has 9 heavy (non-hydrogen) atoms. The number of unbranched alkanes of at least 4 members (excludes halogenated alkanes) is 2. The smallest absolute Gasteiger partial charge is 0.0621 e. The van der Waals surface area contributed by atoms with E-state index < -0.39 is 0 Å². The second-order valence-electron chi connectivity index (χ2n) is 1.34. The standard InChI is InChI=1S/C6H9N.C2H2/c1-2-3-4-5-6-7;1-2/h2H,1,3-5H2;1-2H. The Balaban J connectivity index is 0. The highest BCUT2D eigenvalue weighted by Crippen LogP contribution is 1.91. The maximum Gasteiger partial charge on any atom is 0.0621 e. The van der Waals surface area contributed by atoms with Crippen LogP contribution in [0, 0.1) is 24.2 Å². The first-order valence-corrected chi connectivity index (χ1v) is 2.73. The van der Waals surface area contributed by atoms with E-state index in [1.165, 1.54) is 0 Å². The van der Waals surface area contributed by atoms with Gasteiger partial charge in [0, 0.05) is 6.42 Å². The first-order valence-electron chi connectivity index (χ1n) is 2.73. The molecular formula is C8H11N. The fourth-order valence-electron chi connectivity index (χ4n) is 0.325. The number of hydrogen-bond acceptors (Lipinski definition) is 1. The molecule has 0 aromatic carbocycles. The highest BCUT2D eigenvalue weighted by Gasteiger charge is 1.76. The van der Waals surface area contributed by atoms with Crippen molar-refractivity contribution in [2.75, 3.05) is 0 Å². The van der Waals surface area contributed by atoms with Gasteiger partial charge in [-0.25, -0.2) is 0 Å². The van der Waals surface area contributed by atoms with Gasteiger partial charge in [-0.3, -0.25) is 0 Å². The zero-order valence-corrected chi connectivity index (χ0v) is 5.51. The summed E-state index contributed by atoms with van der Waals surface area (Å²) in [4.78, 5) is 0.